The van der Waals surface area contributed by atoms with E-state index in [2.05, 4.69) is 23.9 Å². The Morgan fingerprint density at radius 1 is 1.14 bits per heavy atom. The van der Waals surface area contributed by atoms with E-state index in [4.69, 9.17) is 0 Å². The van der Waals surface area contributed by atoms with Crippen LogP contribution < -0.4 is 0 Å². The first-order valence-corrected chi connectivity index (χ1v) is 5.77. The number of nitrogens with zero attached hydrogens (tertiary/aromatic N) is 2. The average molecular weight is 198 g/mol. The van der Waals surface area contributed by atoms with E-state index in [0.717, 1.165) is 19.5 Å². The fraction of sp³-hybridized carbons (Fsp3) is 1.00. The predicted molar refractivity (Wildman–Crippen MR) is 57.3 cm³/mol. The minimum Gasteiger partial charge on any atom is -0.391 e. The van der Waals surface area contributed by atoms with Gasteiger partial charge >= 0.3 is 0 Å². The molecule has 1 N–H and O–H groups in total. The lowest BCUT2D eigenvalue weighted by Gasteiger charge is -2.49. The van der Waals surface area contributed by atoms with Crippen molar-refractivity contribution < 1.29 is 5.11 Å². The van der Waals surface area contributed by atoms with Gasteiger partial charge in [-0.05, 0) is 26.9 Å². The van der Waals surface area contributed by atoms with Crippen molar-refractivity contribution in [3.63, 3.8) is 0 Å². The topological polar surface area (TPSA) is 26.7 Å². The van der Waals surface area contributed by atoms with E-state index in [-0.39, 0.29) is 6.10 Å². The zero-order valence-corrected chi connectivity index (χ0v) is 9.32. The molecule has 0 bridgehead atoms. The van der Waals surface area contributed by atoms with Crippen LogP contribution in [-0.2, 0) is 0 Å². The summed E-state index contributed by atoms with van der Waals surface area (Å²) in [6, 6.07) is 1.17. The van der Waals surface area contributed by atoms with Crippen LogP contribution in [0.2, 0.25) is 0 Å². The van der Waals surface area contributed by atoms with Crippen LogP contribution >= 0.6 is 0 Å². The van der Waals surface area contributed by atoms with E-state index < -0.39 is 0 Å². The van der Waals surface area contributed by atoms with Gasteiger partial charge in [0.15, 0.2) is 0 Å². The van der Waals surface area contributed by atoms with E-state index in [9.17, 15) is 5.11 Å². The predicted octanol–water partition coefficient (Wildman–Crippen LogP) is 0.536. The van der Waals surface area contributed by atoms with Crippen LogP contribution in [0.15, 0.2) is 0 Å². The molecule has 2 aliphatic rings. The highest BCUT2D eigenvalue weighted by molar-refractivity contribution is 4.93. The van der Waals surface area contributed by atoms with Gasteiger partial charge in [0.25, 0.3) is 0 Å². The molecule has 14 heavy (non-hydrogen) atoms. The number of rotatable bonds is 2. The zero-order valence-electron chi connectivity index (χ0n) is 9.32. The molecule has 1 aliphatic carbocycles. The van der Waals surface area contributed by atoms with Gasteiger partial charge in [0.2, 0.25) is 0 Å². The summed E-state index contributed by atoms with van der Waals surface area (Å²) >= 11 is 0. The smallest absolute Gasteiger partial charge is 0.0695 e. The van der Waals surface area contributed by atoms with Gasteiger partial charge in [-0.15, -0.1) is 0 Å². The Hall–Kier alpha value is -0.120. The summed E-state index contributed by atoms with van der Waals surface area (Å²) in [5.74, 6) is 0. The summed E-state index contributed by atoms with van der Waals surface area (Å²) in [4.78, 5) is 4.74. The normalized spacial score (nSPS) is 36.0. The van der Waals surface area contributed by atoms with Crippen LogP contribution in [-0.4, -0.2) is 60.3 Å². The van der Waals surface area contributed by atoms with Gasteiger partial charge in [-0.1, -0.05) is 12.8 Å². The van der Waals surface area contributed by atoms with Crippen molar-refractivity contribution in [1.29, 1.82) is 0 Å². The number of aliphatic hydroxyl groups excluding tert-OH is 1. The Balaban J connectivity index is 1.80. The van der Waals surface area contributed by atoms with Gasteiger partial charge in [-0.2, -0.15) is 0 Å². The van der Waals surface area contributed by atoms with Crippen LogP contribution in [0.3, 0.4) is 0 Å². The molecule has 1 heterocycles. The second-order valence-corrected chi connectivity index (χ2v) is 4.99. The van der Waals surface area contributed by atoms with E-state index in [0.29, 0.717) is 12.1 Å². The molecule has 0 aromatic heterocycles. The molecule has 2 fully saturated rings. The molecular formula is C11H22N2O. The summed E-state index contributed by atoms with van der Waals surface area (Å²) in [7, 11) is 4.28. The van der Waals surface area contributed by atoms with Crippen LogP contribution in [0.1, 0.15) is 25.7 Å². The summed E-state index contributed by atoms with van der Waals surface area (Å²) in [5.41, 5.74) is 0. The summed E-state index contributed by atoms with van der Waals surface area (Å²) in [6.45, 7) is 2.30. The van der Waals surface area contributed by atoms with Crippen LogP contribution in [0, 0.1) is 0 Å². The first kappa shape index (κ1) is 10.4. The maximum Gasteiger partial charge on any atom is 0.0695 e. The molecule has 0 aromatic rings. The lowest BCUT2D eigenvalue weighted by Crippen LogP contribution is -2.63. The van der Waals surface area contributed by atoms with Gasteiger partial charge in [-0.3, -0.25) is 4.90 Å². The zero-order chi connectivity index (χ0) is 10.1. The first-order valence-electron chi connectivity index (χ1n) is 5.77. The molecule has 0 amide bonds. The highest BCUT2D eigenvalue weighted by atomic mass is 16.3. The molecular weight excluding hydrogens is 176 g/mol. The largest absolute Gasteiger partial charge is 0.391 e. The standard InChI is InChI=1S/C11H22N2O/c1-12(2)9-7-13(8-9)10-5-3-4-6-11(10)14/h9-11,14H,3-8H2,1-2H3. The van der Waals surface area contributed by atoms with Crippen molar-refractivity contribution in [2.24, 2.45) is 0 Å². The highest BCUT2D eigenvalue weighted by Gasteiger charge is 2.37. The molecule has 2 atom stereocenters. The number of hydrogen-bond acceptors (Lipinski definition) is 3. The molecule has 3 nitrogen and oxygen atoms in total. The molecule has 1 aliphatic heterocycles. The number of likely N-dealkylation sites (N-methyl/N-ethyl adjacent to an activating group) is 1. The minimum absolute atomic E-state index is 0.0631. The minimum atomic E-state index is -0.0631. The number of likely N-dealkylation sites (tertiary alicyclic amines) is 1. The van der Waals surface area contributed by atoms with Crippen molar-refractivity contribution in [2.45, 2.75) is 43.9 Å². The third-order valence-electron chi connectivity index (χ3n) is 3.78. The second-order valence-electron chi connectivity index (χ2n) is 4.99. The summed E-state index contributed by atoms with van der Waals surface area (Å²) in [5, 5.41) is 9.87. The molecule has 2 rings (SSSR count). The SMILES string of the molecule is CN(C)C1CN(C2CCCCC2O)C1. The monoisotopic (exact) mass is 198 g/mol. The Kier molecular flexibility index (Phi) is 3.10. The molecule has 0 spiro atoms. The Bertz CT molecular complexity index is 190. The van der Waals surface area contributed by atoms with Gasteiger partial charge in [0.05, 0.1) is 6.10 Å². The molecule has 1 saturated carbocycles. The summed E-state index contributed by atoms with van der Waals surface area (Å²) < 4.78 is 0. The van der Waals surface area contributed by atoms with E-state index in [1.165, 1.54) is 19.3 Å². The van der Waals surface area contributed by atoms with Crippen molar-refractivity contribution in [1.82, 2.24) is 9.80 Å². The molecule has 1 saturated heterocycles. The second kappa shape index (κ2) is 4.17. The molecule has 3 heteroatoms. The Morgan fingerprint density at radius 2 is 1.79 bits per heavy atom. The van der Waals surface area contributed by atoms with Crippen LogP contribution in [0.25, 0.3) is 0 Å². The number of aliphatic hydroxyl groups is 1. The van der Waals surface area contributed by atoms with Crippen LogP contribution in [0.4, 0.5) is 0 Å². The maximum absolute atomic E-state index is 9.87. The lowest BCUT2D eigenvalue weighted by molar-refractivity contribution is -0.0438. The fourth-order valence-corrected chi connectivity index (χ4v) is 2.60. The molecule has 2 unspecified atom stereocenters. The molecule has 0 radical (unpaired) electrons. The average Bonchev–Trinajstić information content (AvgIpc) is 2.05. The molecule has 82 valence electrons. The third-order valence-corrected chi connectivity index (χ3v) is 3.78. The lowest BCUT2D eigenvalue weighted by atomic mass is 9.88. The fourth-order valence-electron chi connectivity index (χ4n) is 2.60. The van der Waals surface area contributed by atoms with E-state index in [1.54, 1.807) is 0 Å². The van der Waals surface area contributed by atoms with Gasteiger partial charge in [0, 0.05) is 25.2 Å². The molecule has 0 aromatic carbocycles. The van der Waals surface area contributed by atoms with E-state index in [1.807, 2.05) is 0 Å². The van der Waals surface area contributed by atoms with Crippen molar-refractivity contribution >= 4 is 0 Å². The Morgan fingerprint density at radius 3 is 2.36 bits per heavy atom. The van der Waals surface area contributed by atoms with Gasteiger partial charge < -0.3 is 10.0 Å². The first-order chi connectivity index (χ1) is 6.68. The van der Waals surface area contributed by atoms with Crippen molar-refractivity contribution in [3.05, 3.63) is 0 Å². The maximum atomic E-state index is 9.87. The number of hydrogen-bond donors (Lipinski definition) is 1. The van der Waals surface area contributed by atoms with Gasteiger partial charge in [-0.25, -0.2) is 0 Å². The Labute approximate surface area is 86.7 Å². The summed E-state index contributed by atoms with van der Waals surface area (Å²) in [6.07, 6.45) is 4.65. The quantitative estimate of drug-likeness (QED) is 0.701. The third kappa shape index (κ3) is 1.95. The van der Waals surface area contributed by atoms with E-state index >= 15 is 0 Å². The van der Waals surface area contributed by atoms with Crippen molar-refractivity contribution in [3.8, 4) is 0 Å². The van der Waals surface area contributed by atoms with Crippen LogP contribution in [0.5, 0.6) is 0 Å². The van der Waals surface area contributed by atoms with Gasteiger partial charge in [0.1, 0.15) is 0 Å². The van der Waals surface area contributed by atoms with Crippen molar-refractivity contribution in [2.75, 3.05) is 27.2 Å². The highest BCUT2D eigenvalue weighted by Crippen LogP contribution is 2.27.